The first-order valence-electron chi connectivity index (χ1n) is 10.3. The van der Waals surface area contributed by atoms with Crippen LogP contribution in [0.1, 0.15) is 115 Å². The molecule has 1 aromatic carbocycles. The largest absolute Gasteiger partial charge is 0.241 e. The molecule has 0 aromatic heterocycles. The van der Waals surface area contributed by atoms with Crippen molar-refractivity contribution in [1.29, 1.82) is 0 Å². The molecule has 0 unspecified atom stereocenters. The van der Waals surface area contributed by atoms with Crippen LogP contribution in [0.5, 0.6) is 0 Å². The highest BCUT2D eigenvalue weighted by Crippen LogP contribution is 2.34. The van der Waals surface area contributed by atoms with Crippen LogP contribution in [0.25, 0.3) is 0 Å². The number of hydrogen-bond acceptors (Lipinski definition) is 2. The number of sulfonamides is 1. The number of rotatable bonds is 11. The first kappa shape index (κ1) is 23.2. The SMILES string of the molecule is CCCCCCCNS(=O)(=O)c1c(C(C)C)cc(C(C)C)cc1C(C)C. The predicted molar refractivity (Wildman–Crippen MR) is 113 cm³/mol. The van der Waals surface area contributed by atoms with Crippen molar-refractivity contribution in [2.75, 3.05) is 6.54 Å². The van der Waals surface area contributed by atoms with E-state index in [0.29, 0.717) is 17.4 Å². The van der Waals surface area contributed by atoms with Gasteiger partial charge in [-0.2, -0.15) is 0 Å². The summed E-state index contributed by atoms with van der Waals surface area (Å²) in [5.74, 6) is 0.720. The zero-order valence-corrected chi connectivity index (χ0v) is 18.7. The number of nitrogens with one attached hydrogen (secondary N) is 1. The molecule has 150 valence electrons. The Morgan fingerprint density at radius 3 is 1.73 bits per heavy atom. The summed E-state index contributed by atoms with van der Waals surface area (Å²) >= 11 is 0. The van der Waals surface area contributed by atoms with Crippen molar-refractivity contribution in [1.82, 2.24) is 4.72 Å². The highest BCUT2D eigenvalue weighted by atomic mass is 32.2. The average Bonchev–Trinajstić information content (AvgIpc) is 2.56. The van der Waals surface area contributed by atoms with Gasteiger partial charge in [0, 0.05) is 6.54 Å². The second kappa shape index (κ2) is 10.5. The summed E-state index contributed by atoms with van der Waals surface area (Å²) in [6.07, 6.45) is 5.58. The van der Waals surface area contributed by atoms with Crippen LogP contribution >= 0.6 is 0 Å². The second-order valence-corrected chi connectivity index (χ2v) is 10.0. The molecule has 0 heterocycles. The Labute approximate surface area is 162 Å². The molecule has 0 aliphatic rings. The van der Waals surface area contributed by atoms with E-state index in [1.165, 1.54) is 24.8 Å². The van der Waals surface area contributed by atoms with Crippen molar-refractivity contribution in [3.63, 3.8) is 0 Å². The molecule has 0 spiro atoms. The van der Waals surface area contributed by atoms with Crippen LogP contribution in [0, 0.1) is 0 Å². The van der Waals surface area contributed by atoms with Crippen molar-refractivity contribution in [2.24, 2.45) is 0 Å². The fourth-order valence-electron chi connectivity index (χ4n) is 3.21. The van der Waals surface area contributed by atoms with Crippen LogP contribution < -0.4 is 4.72 Å². The molecule has 0 amide bonds. The lowest BCUT2D eigenvalue weighted by molar-refractivity contribution is 0.566. The Morgan fingerprint density at radius 1 is 0.808 bits per heavy atom. The third-order valence-electron chi connectivity index (χ3n) is 4.92. The quantitative estimate of drug-likeness (QED) is 0.457. The molecule has 0 bridgehead atoms. The van der Waals surface area contributed by atoms with E-state index in [9.17, 15) is 8.42 Å². The molecule has 3 nitrogen and oxygen atoms in total. The van der Waals surface area contributed by atoms with Crippen LogP contribution in [0.2, 0.25) is 0 Å². The normalized spacial score (nSPS) is 12.5. The van der Waals surface area contributed by atoms with Gasteiger partial charge in [0.1, 0.15) is 0 Å². The summed E-state index contributed by atoms with van der Waals surface area (Å²) in [5.41, 5.74) is 3.10. The Kier molecular flexibility index (Phi) is 9.32. The molecule has 0 saturated carbocycles. The Balaban J connectivity index is 3.18. The van der Waals surface area contributed by atoms with Crippen LogP contribution in [0.4, 0.5) is 0 Å². The highest BCUT2D eigenvalue weighted by molar-refractivity contribution is 7.89. The van der Waals surface area contributed by atoms with E-state index in [1.807, 2.05) is 0 Å². The van der Waals surface area contributed by atoms with Crippen molar-refractivity contribution < 1.29 is 8.42 Å². The lowest BCUT2D eigenvalue weighted by Crippen LogP contribution is -2.27. The monoisotopic (exact) mass is 381 g/mol. The molecule has 1 rings (SSSR count). The van der Waals surface area contributed by atoms with Gasteiger partial charge >= 0.3 is 0 Å². The van der Waals surface area contributed by atoms with Crippen LogP contribution in [0.15, 0.2) is 17.0 Å². The van der Waals surface area contributed by atoms with Crippen LogP contribution in [0.3, 0.4) is 0 Å². The predicted octanol–water partition coefficient (Wildman–Crippen LogP) is 6.31. The van der Waals surface area contributed by atoms with E-state index >= 15 is 0 Å². The molecule has 0 saturated heterocycles. The average molecular weight is 382 g/mol. The van der Waals surface area contributed by atoms with Gasteiger partial charge in [-0.1, -0.05) is 86.3 Å². The molecule has 4 heteroatoms. The van der Waals surface area contributed by atoms with Crippen LogP contribution in [-0.2, 0) is 10.0 Å². The summed E-state index contributed by atoms with van der Waals surface area (Å²) in [5, 5.41) is 0. The van der Waals surface area contributed by atoms with Crippen molar-refractivity contribution in [3.05, 3.63) is 28.8 Å². The molecular weight excluding hydrogens is 342 g/mol. The second-order valence-electron chi connectivity index (χ2n) is 8.30. The number of unbranched alkanes of at least 4 members (excludes halogenated alkanes) is 4. The molecule has 0 aliphatic carbocycles. The van der Waals surface area contributed by atoms with Gasteiger partial charge in [-0.15, -0.1) is 0 Å². The fraction of sp³-hybridized carbons (Fsp3) is 0.727. The minimum atomic E-state index is -3.50. The van der Waals surface area contributed by atoms with Gasteiger partial charge in [-0.05, 0) is 40.9 Å². The van der Waals surface area contributed by atoms with Gasteiger partial charge in [0.2, 0.25) is 10.0 Å². The third kappa shape index (κ3) is 6.38. The van der Waals surface area contributed by atoms with E-state index in [-0.39, 0.29) is 11.8 Å². The Hall–Kier alpha value is -0.870. The van der Waals surface area contributed by atoms with E-state index in [1.54, 1.807) is 0 Å². The maximum Gasteiger partial charge on any atom is 0.241 e. The lowest BCUT2D eigenvalue weighted by atomic mass is 9.89. The molecule has 0 atom stereocenters. The first-order valence-corrected chi connectivity index (χ1v) is 11.8. The molecule has 1 N–H and O–H groups in total. The van der Waals surface area contributed by atoms with E-state index in [4.69, 9.17) is 0 Å². The molecule has 0 radical (unpaired) electrons. The standard InChI is InChI=1S/C22H39NO2S/c1-8-9-10-11-12-13-23-26(24,25)22-20(17(4)5)14-19(16(2)3)15-21(22)18(6)7/h14-18,23H,8-13H2,1-7H3. The van der Waals surface area contributed by atoms with Gasteiger partial charge in [0.25, 0.3) is 0 Å². The number of benzene rings is 1. The highest BCUT2D eigenvalue weighted by Gasteiger charge is 2.26. The Bertz CT molecular complexity index is 632. The summed E-state index contributed by atoms with van der Waals surface area (Å²) in [6.45, 7) is 15.3. The van der Waals surface area contributed by atoms with Gasteiger partial charge in [0.05, 0.1) is 4.90 Å². The molecule has 1 aromatic rings. The molecular formula is C22H39NO2S. The van der Waals surface area contributed by atoms with Gasteiger partial charge in [0.15, 0.2) is 0 Å². The smallest absolute Gasteiger partial charge is 0.211 e. The zero-order chi connectivity index (χ0) is 19.9. The molecule has 0 fully saturated rings. The number of hydrogen-bond donors (Lipinski definition) is 1. The van der Waals surface area contributed by atoms with Gasteiger partial charge in [-0.25, -0.2) is 13.1 Å². The minimum Gasteiger partial charge on any atom is -0.211 e. The molecule has 0 aliphatic heterocycles. The summed E-state index contributed by atoms with van der Waals surface area (Å²) < 4.78 is 29.1. The maximum absolute atomic E-state index is 13.1. The minimum absolute atomic E-state index is 0.169. The maximum atomic E-state index is 13.1. The first-order chi connectivity index (χ1) is 12.1. The summed E-state index contributed by atoms with van der Waals surface area (Å²) in [6, 6.07) is 4.19. The van der Waals surface area contributed by atoms with Crippen molar-refractivity contribution in [2.45, 2.75) is 103 Å². The Morgan fingerprint density at radius 2 is 1.31 bits per heavy atom. The van der Waals surface area contributed by atoms with E-state index < -0.39 is 10.0 Å². The third-order valence-corrected chi connectivity index (χ3v) is 6.51. The summed E-state index contributed by atoms with van der Waals surface area (Å²) in [4.78, 5) is 0.514. The zero-order valence-electron chi connectivity index (χ0n) is 17.9. The molecule has 26 heavy (non-hydrogen) atoms. The van der Waals surface area contributed by atoms with E-state index in [0.717, 1.165) is 24.0 Å². The topological polar surface area (TPSA) is 46.2 Å². The summed E-state index contributed by atoms with van der Waals surface area (Å²) in [7, 11) is -3.50. The van der Waals surface area contributed by atoms with E-state index in [2.05, 4.69) is 65.3 Å². The van der Waals surface area contributed by atoms with Crippen LogP contribution in [-0.4, -0.2) is 15.0 Å². The van der Waals surface area contributed by atoms with Gasteiger partial charge in [-0.3, -0.25) is 0 Å². The van der Waals surface area contributed by atoms with Gasteiger partial charge < -0.3 is 0 Å². The van der Waals surface area contributed by atoms with Crippen molar-refractivity contribution in [3.8, 4) is 0 Å². The van der Waals surface area contributed by atoms with Crippen molar-refractivity contribution >= 4 is 10.0 Å². The lowest BCUT2D eigenvalue weighted by Gasteiger charge is -2.23. The fourth-order valence-corrected chi connectivity index (χ4v) is 4.97.